The Morgan fingerprint density at radius 3 is 2.56 bits per heavy atom. The fraction of sp³-hybridized carbons (Fsp3) is 1.00. The standard InChI is InChI=1S/C14H30N2/c1-12-7-6-9-16(11-12)10-8-13(15-5)14(2,3)4/h12-13,15H,6-11H2,1-5H3. The molecule has 0 aromatic rings. The summed E-state index contributed by atoms with van der Waals surface area (Å²) >= 11 is 0. The van der Waals surface area contributed by atoms with Crippen LogP contribution in [0, 0.1) is 11.3 Å². The summed E-state index contributed by atoms with van der Waals surface area (Å²) in [5.74, 6) is 0.899. The molecule has 0 spiro atoms. The minimum absolute atomic E-state index is 0.371. The maximum atomic E-state index is 3.47. The lowest BCUT2D eigenvalue weighted by Crippen LogP contribution is -2.42. The van der Waals surface area contributed by atoms with E-state index in [-0.39, 0.29) is 0 Å². The second kappa shape index (κ2) is 6.02. The van der Waals surface area contributed by atoms with Gasteiger partial charge in [-0.05, 0) is 50.7 Å². The Balaban J connectivity index is 2.32. The number of likely N-dealkylation sites (tertiary alicyclic amines) is 1. The van der Waals surface area contributed by atoms with Gasteiger partial charge in [-0.2, -0.15) is 0 Å². The highest BCUT2D eigenvalue weighted by molar-refractivity contribution is 4.81. The summed E-state index contributed by atoms with van der Waals surface area (Å²) < 4.78 is 0. The highest BCUT2D eigenvalue weighted by Gasteiger charge is 2.24. The summed E-state index contributed by atoms with van der Waals surface area (Å²) in [5, 5.41) is 3.47. The zero-order chi connectivity index (χ0) is 12.2. The van der Waals surface area contributed by atoms with Crippen molar-refractivity contribution >= 4 is 0 Å². The molecule has 0 bridgehead atoms. The number of piperidine rings is 1. The first kappa shape index (κ1) is 14.0. The Labute approximate surface area is 102 Å². The molecule has 2 atom stereocenters. The Morgan fingerprint density at radius 2 is 2.06 bits per heavy atom. The minimum atomic E-state index is 0.371. The molecule has 1 aliphatic heterocycles. The molecule has 2 nitrogen and oxygen atoms in total. The third kappa shape index (κ3) is 4.42. The zero-order valence-corrected chi connectivity index (χ0v) is 11.8. The van der Waals surface area contributed by atoms with E-state index in [1.54, 1.807) is 0 Å². The lowest BCUT2D eigenvalue weighted by atomic mass is 9.84. The Kier molecular flexibility index (Phi) is 5.26. The van der Waals surface area contributed by atoms with E-state index in [1.807, 2.05) is 0 Å². The van der Waals surface area contributed by atoms with Crippen molar-refractivity contribution in [3.8, 4) is 0 Å². The summed E-state index contributed by atoms with van der Waals surface area (Å²) in [6, 6.07) is 0.629. The van der Waals surface area contributed by atoms with Crippen molar-refractivity contribution in [3.63, 3.8) is 0 Å². The van der Waals surface area contributed by atoms with Crippen molar-refractivity contribution in [1.82, 2.24) is 10.2 Å². The molecule has 16 heavy (non-hydrogen) atoms. The SMILES string of the molecule is CNC(CCN1CCCC(C)C1)C(C)(C)C. The maximum Gasteiger partial charge on any atom is 0.0125 e. The second-order valence-corrected chi connectivity index (χ2v) is 6.54. The number of nitrogens with one attached hydrogen (secondary N) is 1. The molecule has 1 rings (SSSR count). The van der Waals surface area contributed by atoms with Gasteiger partial charge in [0.1, 0.15) is 0 Å². The van der Waals surface area contributed by atoms with Crippen LogP contribution >= 0.6 is 0 Å². The van der Waals surface area contributed by atoms with Crippen molar-refractivity contribution in [1.29, 1.82) is 0 Å². The fourth-order valence-corrected chi connectivity index (χ4v) is 2.81. The van der Waals surface area contributed by atoms with Crippen LogP contribution in [0.15, 0.2) is 0 Å². The first-order valence-corrected chi connectivity index (χ1v) is 6.83. The van der Waals surface area contributed by atoms with E-state index >= 15 is 0 Å². The first-order valence-electron chi connectivity index (χ1n) is 6.83. The molecular weight excluding hydrogens is 196 g/mol. The van der Waals surface area contributed by atoms with Gasteiger partial charge in [-0.1, -0.05) is 27.7 Å². The van der Waals surface area contributed by atoms with Gasteiger partial charge in [0, 0.05) is 12.6 Å². The summed E-state index contributed by atoms with van der Waals surface area (Å²) in [6.45, 7) is 13.2. The monoisotopic (exact) mass is 226 g/mol. The van der Waals surface area contributed by atoms with Crippen LogP contribution in [0.2, 0.25) is 0 Å². The van der Waals surface area contributed by atoms with Crippen molar-refractivity contribution in [2.24, 2.45) is 11.3 Å². The van der Waals surface area contributed by atoms with Crippen molar-refractivity contribution < 1.29 is 0 Å². The van der Waals surface area contributed by atoms with Gasteiger partial charge >= 0.3 is 0 Å². The van der Waals surface area contributed by atoms with Gasteiger partial charge in [-0.15, -0.1) is 0 Å². The predicted octanol–water partition coefficient (Wildman–Crippen LogP) is 2.74. The summed E-state index contributed by atoms with van der Waals surface area (Å²) in [5.41, 5.74) is 0.371. The van der Waals surface area contributed by atoms with E-state index in [4.69, 9.17) is 0 Å². The Bertz CT molecular complexity index is 195. The van der Waals surface area contributed by atoms with E-state index in [1.165, 1.54) is 38.9 Å². The molecule has 0 aromatic carbocycles. The first-order chi connectivity index (χ1) is 7.43. The van der Waals surface area contributed by atoms with Crippen molar-refractivity contribution in [2.45, 2.75) is 53.0 Å². The molecule has 0 aromatic heterocycles. The largest absolute Gasteiger partial charge is 0.316 e. The van der Waals surface area contributed by atoms with Gasteiger partial charge in [-0.3, -0.25) is 0 Å². The molecule has 1 heterocycles. The molecule has 1 N–H and O–H groups in total. The van der Waals surface area contributed by atoms with Gasteiger partial charge in [-0.25, -0.2) is 0 Å². The van der Waals surface area contributed by atoms with Crippen LogP contribution in [0.5, 0.6) is 0 Å². The van der Waals surface area contributed by atoms with Gasteiger partial charge in [0.2, 0.25) is 0 Å². The van der Waals surface area contributed by atoms with Gasteiger partial charge in [0.25, 0.3) is 0 Å². The van der Waals surface area contributed by atoms with E-state index in [9.17, 15) is 0 Å². The molecule has 1 aliphatic rings. The lowest BCUT2D eigenvalue weighted by Gasteiger charge is -2.35. The van der Waals surface area contributed by atoms with E-state index in [0.717, 1.165) is 5.92 Å². The number of rotatable bonds is 4. The van der Waals surface area contributed by atoms with E-state index in [2.05, 4.69) is 45.0 Å². The van der Waals surface area contributed by atoms with Crippen LogP contribution in [0.3, 0.4) is 0 Å². The zero-order valence-electron chi connectivity index (χ0n) is 11.8. The molecule has 96 valence electrons. The average molecular weight is 226 g/mol. The quantitative estimate of drug-likeness (QED) is 0.793. The summed E-state index contributed by atoms with van der Waals surface area (Å²) in [4.78, 5) is 2.64. The molecule has 0 amide bonds. The molecule has 1 saturated heterocycles. The molecule has 2 unspecified atom stereocenters. The molecular formula is C14H30N2. The second-order valence-electron chi connectivity index (χ2n) is 6.54. The predicted molar refractivity (Wildman–Crippen MR) is 71.8 cm³/mol. The summed E-state index contributed by atoms with van der Waals surface area (Å²) in [6.07, 6.45) is 4.08. The molecule has 0 radical (unpaired) electrons. The average Bonchev–Trinajstić information content (AvgIpc) is 2.16. The molecule has 0 saturated carbocycles. The van der Waals surface area contributed by atoms with E-state index in [0.29, 0.717) is 11.5 Å². The van der Waals surface area contributed by atoms with Gasteiger partial charge in [0.05, 0.1) is 0 Å². The van der Waals surface area contributed by atoms with Crippen molar-refractivity contribution in [2.75, 3.05) is 26.7 Å². The van der Waals surface area contributed by atoms with Crippen LogP contribution in [0.25, 0.3) is 0 Å². The molecule has 2 heteroatoms. The van der Waals surface area contributed by atoms with Gasteiger partial charge in [0.15, 0.2) is 0 Å². The van der Waals surface area contributed by atoms with Crippen LogP contribution in [-0.4, -0.2) is 37.6 Å². The smallest absolute Gasteiger partial charge is 0.0125 e. The minimum Gasteiger partial charge on any atom is -0.316 e. The van der Waals surface area contributed by atoms with Crippen molar-refractivity contribution in [3.05, 3.63) is 0 Å². The third-order valence-electron chi connectivity index (χ3n) is 3.87. The number of hydrogen-bond acceptors (Lipinski definition) is 2. The lowest BCUT2D eigenvalue weighted by molar-refractivity contribution is 0.160. The number of hydrogen-bond donors (Lipinski definition) is 1. The highest BCUT2D eigenvalue weighted by atomic mass is 15.1. The Morgan fingerprint density at radius 1 is 1.38 bits per heavy atom. The normalized spacial score (nSPS) is 25.7. The van der Waals surface area contributed by atoms with Crippen LogP contribution in [0.1, 0.15) is 47.0 Å². The maximum absolute atomic E-state index is 3.47. The summed E-state index contributed by atoms with van der Waals surface area (Å²) in [7, 11) is 2.09. The van der Waals surface area contributed by atoms with Crippen LogP contribution < -0.4 is 5.32 Å². The molecule has 0 aliphatic carbocycles. The number of nitrogens with zero attached hydrogens (tertiary/aromatic N) is 1. The van der Waals surface area contributed by atoms with Crippen LogP contribution in [0.4, 0.5) is 0 Å². The van der Waals surface area contributed by atoms with Crippen LogP contribution in [-0.2, 0) is 0 Å². The topological polar surface area (TPSA) is 15.3 Å². The molecule has 1 fully saturated rings. The highest BCUT2D eigenvalue weighted by Crippen LogP contribution is 2.23. The Hall–Kier alpha value is -0.0800. The fourth-order valence-electron chi connectivity index (χ4n) is 2.81. The van der Waals surface area contributed by atoms with E-state index < -0.39 is 0 Å². The third-order valence-corrected chi connectivity index (χ3v) is 3.87. The van der Waals surface area contributed by atoms with Gasteiger partial charge < -0.3 is 10.2 Å².